The van der Waals surface area contributed by atoms with Gasteiger partial charge in [0.15, 0.2) is 0 Å². The second-order valence-electron chi connectivity index (χ2n) is 7.92. The van der Waals surface area contributed by atoms with Crippen LogP contribution in [-0.2, 0) is 11.3 Å². The highest BCUT2D eigenvalue weighted by Gasteiger charge is 2.31. The lowest BCUT2D eigenvalue weighted by Gasteiger charge is -2.34. The van der Waals surface area contributed by atoms with Crippen molar-refractivity contribution in [2.24, 2.45) is 0 Å². The van der Waals surface area contributed by atoms with Gasteiger partial charge in [-0.1, -0.05) is 54.6 Å². The maximum absolute atomic E-state index is 12.9. The molecule has 1 aliphatic heterocycles. The number of hydrogen-bond acceptors (Lipinski definition) is 5. The molecule has 0 aliphatic carbocycles. The summed E-state index contributed by atoms with van der Waals surface area (Å²) in [6, 6.07) is 18.6. The van der Waals surface area contributed by atoms with Crippen LogP contribution in [0, 0.1) is 6.92 Å². The molecule has 0 saturated carbocycles. The minimum Gasteiger partial charge on any atom is -0.477 e. The molecule has 0 bridgehead atoms. The second-order valence-corrected chi connectivity index (χ2v) is 7.92. The Morgan fingerprint density at radius 3 is 2.55 bits per heavy atom. The van der Waals surface area contributed by atoms with Crippen LogP contribution >= 0.6 is 0 Å². The first kappa shape index (κ1) is 19.6. The van der Waals surface area contributed by atoms with Crippen molar-refractivity contribution in [2.75, 3.05) is 13.3 Å². The maximum atomic E-state index is 12.9. The number of carbonyl (C=O) groups is 1. The molecule has 0 N–H and O–H groups in total. The highest BCUT2D eigenvalue weighted by atomic mass is 16.5. The van der Waals surface area contributed by atoms with Gasteiger partial charge in [-0.3, -0.25) is 4.90 Å². The van der Waals surface area contributed by atoms with Gasteiger partial charge in [-0.05, 0) is 26.3 Å². The second kappa shape index (κ2) is 7.75. The Kier molecular flexibility index (Phi) is 4.91. The van der Waals surface area contributed by atoms with Gasteiger partial charge in [-0.2, -0.15) is 0 Å². The Bertz CT molecular complexity index is 1280. The van der Waals surface area contributed by atoms with E-state index in [2.05, 4.69) is 36.1 Å². The van der Waals surface area contributed by atoms with Crippen LogP contribution in [0.15, 0.2) is 59.0 Å². The van der Waals surface area contributed by atoms with Gasteiger partial charge in [-0.15, -0.1) is 0 Å². The van der Waals surface area contributed by atoms with E-state index in [1.165, 1.54) is 5.56 Å². The van der Waals surface area contributed by atoms with E-state index < -0.39 is 0 Å². The normalized spacial score (nSPS) is 14.9. The van der Waals surface area contributed by atoms with E-state index in [0.29, 0.717) is 36.8 Å². The van der Waals surface area contributed by atoms with Crippen LogP contribution in [0.2, 0.25) is 0 Å². The lowest BCUT2D eigenvalue weighted by Crippen LogP contribution is -2.34. The van der Waals surface area contributed by atoms with Crippen molar-refractivity contribution in [3.63, 3.8) is 0 Å². The van der Waals surface area contributed by atoms with Crippen molar-refractivity contribution in [3.05, 3.63) is 77.0 Å². The molecule has 4 aromatic rings. The van der Waals surface area contributed by atoms with E-state index in [-0.39, 0.29) is 12.0 Å². The average molecular weight is 415 g/mol. The van der Waals surface area contributed by atoms with Crippen LogP contribution in [0.25, 0.3) is 21.7 Å². The van der Waals surface area contributed by atoms with E-state index in [1.54, 1.807) is 0 Å². The van der Waals surface area contributed by atoms with Gasteiger partial charge < -0.3 is 13.9 Å². The zero-order valence-corrected chi connectivity index (χ0v) is 18.0. The monoisotopic (exact) mass is 415 g/mol. The number of hydrogen-bond donors (Lipinski definition) is 0. The standard InChI is InChI=1S/C26H25NO4/c1-4-29-26(28)22-17(3)31-25-20-13-9-8-12-19(20)24-21(23(22)25)14-27(15-30-24)16(2)18-10-6-5-7-11-18/h5-13,16H,4,14-15H2,1-3H3/t16-/m1/s1. The van der Waals surface area contributed by atoms with Crippen molar-refractivity contribution in [1.82, 2.24) is 4.90 Å². The SMILES string of the molecule is CCOC(=O)c1c(C)oc2c1c1c(c3ccccc32)OCN([C@H](C)c2ccccc2)C1. The first-order valence-corrected chi connectivity index (χ1v) is 10.7. The van der Waals surface area contributed by atoms with E-state index in [9.17, 15) is 4.79 Å². The molecular weight excluding hydrogens is 390 g/mol. The van der Waals surface area contributed by atoms with E-state index in [4.69, 9.17) is 13.9 Å². The van der Waals surface area contributed by atoms with Gasteiger partial charge >= 0.3 is 5.97 Å². The number of benzene rings is 3. The molecule has 1 atom stereocenters. The number of furan rings is 1. The summed E-state index contributed by atoms with van der Waals surface area (Å²) in [7, 11) is 0. The molecule has 0 radical (unpaired) electrons. The molecule has 5 nitrogen and oxygen atoms in total. The Morgan fingerprint density at radius 2 is 1.81 bits per heavy atom. The smallest absolute Gasteiger partial charge is 0.342 e. The molecule has 0 fully saturated rings. The number of rotatable bonds is 4. The predicted molar refractivity (Wildman–Crippen MR) is 120 cm³/mol. The number of esters is 1. The van der Waals surface area contributed by atoms with Gasteiger partial charge in [0.1, 0.15) is 29.4 Å². The third-order valence-corrected chi connectivity index (χ3v) is 6.12. The zero-order chi connectivity index (χ0) is 21.5. The summed E-state index contributed by atoms with van der Waals surface area (Å²) >= 11 is 0. The van der Waals surface area contributed by atoms with E-state index in [0.717, 1.165) is 27.5 Å². The lowest BCUT2D eigenvalue weighted by molar-refractivity contribution is 0.0525. The number of nitrogens with zero attached hydrogens (tertiary/aromatic N) is 1. The fourth-order valence-corrected chi connectivity index (χ4v) is 4.53. The summed E-state index contributed by atoms with van der Waals surface area (Å²) in [5, 5.41) is 2.75. The molecule has 2 heterocycles. The minimum atomic E-state index is -0.357. The molecule has 5 rings (SSSR count). The molecule has 31 heavy (non-hydrogen) atoms. The molecule has 1 aromatic heterocycles. The average Bonchev–Trinajstić information content (AvgIpc) is 3.16. The lowest BCUT2D eigenvalue weighted by atomic mass is 9.96. The topological polar surface area (TPSA) is 51.9 Å². The number of carbonyl (C=O) groups excluding carboxylic acids is 1. The van der Waals surface area contributed by atoms with Crippen molar-refractivity contribution in [3.8, 4) is 5.75 Å². The third kappa shape index (κ3) is 3.17. The predicted octanol–water partition coefficient (Wildman–Crippen LogP) is 5.98. The summed E-state index contributed by atoms with van der Waals surface area (Å²) in [5.41, 5.74) is 3.41. The highest BCUT2D eigenvalue weighted by Crippen LogP contribution is 2.45. The number of ether oxygens (including phenoxy) is 2. The summed E-state index contributed by atoms with van der Waals surface area (Å²) in [4.78, 5) is 15.1. The quantitative estimate of drug-likeness (QED) is 0.384. The van der Waals surface area contributed by atoms with Gasteiger partial charge in [-0.25, -0.2) is 4.79 Å². The van der Waals surface area contributed by atoms with Gasteiger partial charge in [0, 0.05) is 34.3 Å². The van der Waals surface area contributed by atoms with Crippen LogP contribution in [-0.4, -0.2) is 24.2 Å². The first-order valence-electron chi connectivity index (χ1n) is 10.7. The molecule has 1 aliphatic rings. The van der Waals surface area contributed by atoms with Gasteiger partial charge in [0.05, 0.1) is 6.61 Å². The van der Waals surface area contributed by atoms with Crippen LogP contribution in [0.4, 0.5) is 0 Å². The first-order chi connectivity index (χ1) is 15.1. The Morgan fingerprint density at radius 1 is 1.10 bits per heavy atom. The van der Waals surface area contributed by atoms with Crippen LogP contribution in [0.3, 0.4) is 0 Å². The van der Waals surface area contributed by atoms with E-state index in [1.807, 2.05) is 44.2 Å². The van der Waals surface area contributed by atoms with Crippen LogP contribution < -0.4 is 4.74 Å². The molecule has 3 aromatic carbocycles. The molecule has 0 amide bonds. The van der Waals surface area contributed by atoms with Gasteiger partial charge in [0.25, 0.3) is 0 Å². The molecule has 5 heteroatoms. The summed E-state index contributed by atoms with van der Waals surface area (Å²) in [6.07, 6.45) is 0. The number of aryl methyl sites for hydroxylation is 1. The molecule has 0 unspecified atom stereocenters. The van der Waals surface area contributed by atoms with Crippen LogP contribution in [0.5, 0.6) is 5.75 Å². The molecule has 0 saturated heterocycles. The molecular formula is C26H25NO4. The number of fused-ring (bicyclic) bond motifs is 6. The third-order valence-electron chi connectivity index (χ3n) is 6.12. The van der Waals surface area contributed by atoms with Crippen molar-refractivity contribution >= 4 is 27.7 Å². The highest BCUT2D eigenvalue weighted by molar-refractivity contribution is 6.16. The van der Waals surface area contributed by atoms with E-state index >= 15 is 0 Å². The fraction of sp³-hybridized carbons (Fsp3) is 0.269. The van der Waals surface area contributed by atoms with Crippen LogP contribution in [0.1, 0.15) is 47.1 Å². The minimum absolute atomic E-state index is 0.162. The summed E-state index contributed by atoms with van der Waals surface area (Å²) < 4.78 is 17.9. The Labute approximate surface area is 181 Å². The maximum Gasteiger partial charge on any atom is 0.342 e. The van der Waals surface area contributed by atoms with Crippen molar-refractivity contribution in [1.29, 1.82) is 0 Å². The molecule has 0 spiro atoms. The summed E-state index contributed by atoms with van der Waals surface area (Å²) in [6.45, 7) is 7.25. The largest absolute Gasteiger partial charge is 0.477 e. The summed E-state index contributed by atoms with van der Waals surface area (Å²) in [5.74, 6) is 1.04. The van der Waals surface area contributed by atoms with Crippen molar-refractivity contribution in [2.45, 2.75) is 33.4 Å². The Hall–Kier alpha value is -3.31. The fourth-order valence-electron chi connectivity index (χ4n) is 4.53. The molecule has 158 valence electrons. The zero-order valence-electron chi connectivity index (χ0n) is 18.0. The van der Waals surface area contributed by atoms with Gasteiger partial charge in [0.2, 0.25) is 0 Å². The Balaban J connectivity index is 1.72. The van der Waals surface area contributed by atoms with Crippen molar-refractivity contribution < 1.29 is 18.7 Å².